The number of aliphatic carboxylic acids is 1. The van der Waals surface area contributed by atoms with Gasteiger partial charge in [0.25, 0.3) is 0 Å². The van der Waals surface area contributed by atoms with Crippen molar-refractivity contribution in [1.82, 2.24) is 5.32 Å². The molecule has 0 aliphatic heterocycles. The number of carboxylic acids is 1. The predicted molar refractivity (Wildman–Crippen MR) is 75.9 cm³/mol. The Morgan fingerprint density at radius 1 is 1.20 bits per heavy atom. The zero-order valence-electron chi connectivity index (χ0n) is 12.1. The van der Waals surface area contributed by atoms with Gasteiger partial charge in [-0.2, -0.15) is 0 Å². The molecule has 0 radical (unpaired) electrons. The highest BCUT2D eigenvalue weighted by atomic mass is 16.5. The molecule has 1 aromatic rings. The lowest BCUT2D eigenvalue weighted by Gasteiger charge is -2.19. The lowest BCUT2D eigenvalue weighted by molar-refractivity contribution is -0.138. The summed E-state index contributed by atoms with van der Waals surface area (Å²) in [7, 11) is 0. The summed E-state index contributed by atoms with van der Waals surface area (Å²) >= 11 is 0. The molecule has 0 saturated carbocycles. The van der Waals surface area contributed by atoms with Gasteiger partial charge in [-0.1, -0.05) is 32.9 Å². The SMILES string of the molecule is CC(C)(C)c1ccc(OCCC(=O)NCC(=O)O)cc1. The Morgan fingerprint density at radius 3 is 2.30 bits per heavy atom. The van der Waals surface area contributed by atoms with Gasteiger partial charge in [0.2, 0.25) is 5.91 Å². The Hall–Kier alpha value is -2.04. The van der Waals surface area contributed by atoms with Gasteiger partial charge >= 0.3 is 5.97 Å². The molecule has 0 atom stereocenters. The van der Waals surface area contributed by atoms with Crippen LogP contribution in [0.25, 0.3) is 0 Å². The molecule has 5 heteroatoms. The number of hydrogen-bond acceptors (Lipinski definition) is 3. The smallest absolute Gasteiger partial charge is 0.322 e. The summed E-state index contributed by atoms with van der Waals surface area (Å²) in [5, 5.41) is 10.7. The first-order valence-electron chi connectivity index (χ1n) is 6.51. The second-order valence-electron chi connectivity index (χ2n) is 5.54. The van der Waals surface area contributed by atoms with Crippen LogP contribution in [-0.4, -0.2) is 30.1 Å². The molecule has 0 aliphatic carbocycles. The fraction of sp³-hybridized carbons (Fsp3) is 0.467. The summed E-state index contributed by atoms with van der Waals surface area (Å²) in [6, 6.07) is 7.74. The second-order valence-corrected chi connectivity index (χ2v) is 5.54. The van der Waals surface area contributed by atoms with Crippen LogP contribution < -0.4 is 10.1 Å². The number of ether oxygens (including phenoxy) is 1. The largest absolute Gasteiger partial charge is 0.493 e. The van der Waals surface area contributed by atoms with Crippen LogP contribution in [0.2, 0.25) is 0 Å². The maximum absolute atomic E-state index is 11.3. The first kappa shape index (κ1) is 16.0. The Labute approximate surface area is 118 Å². The zero-order chi connectivity index (χ0) is 15.2. The second kappa shape index (κ2) is 6.93. The number of carboxylic acid groups (broad SMARTS) is 1. The van der Waals surface area contributed by atoms with Crippen LogP contribution in [0.1, 0.15) is 32.8 Å². The van der Waals surface area contributed by atoms with Gasteiger partial charge in [-0.05, 0) is 23.1 Å². The van der Waals surface area contributed by atoms with Gasteiger partial charge in [0.1, 0.15) is 12.3 Å². The Kier molecular flexibility index (Phi) is 5.55. The number of rotatable bonds is 6. The van der Waals surface area contributed by atoms with Gasteiger partial charge in [-0.15, -0.1) is 0 Å². The quantitative estimate of drug-likeness (QED) is 0.834. The van der Waals surface area contributed by atoms with E-state index in [1.807, 2.05) is 24.3 Å². The summed E-state index contributed by atoms with van der Waals surface area (Å²) in [4.78, 5) is 21.5. The summed E-state index contributed by atoms with van der Waals surface area (Å²) < 4.78 is 5.44. The molecule has 1 aromatic carbocycles. The molecule has 0 aromatic heterocycles. The van der Waals surface area contributed by atoms with Crippen molar-refractivity contribution in [3.8, 4) is 5.75 Å². The van der Waals surface area contributed by atoms with E-state index < -0.39 is 5.97 Å². The standard InChI is InChI=1S/C15H21NO4/c1-15(2,3)11-4-6-12(7-5-11)20-9-8-13(17)16-10-14(18)19/h4-7H,8-10H2,1-3H3,(H,16,17)(H,18,19). The Morgan fingerprint density at radius 2 is 1.80 bits per heavy atom. The predicted octanol–water partition coefficient (Wildman–Crippen LogP) is 1.95. The third kappa shape index (κ3) is 5.73. The molecule has 20 heavy (non-hydrogen) atoms. The lowest BCUT2D eigenvalue weighted by Crippen LogP contribution is -2.30. The molecule has 1 rings (SSSR count). The van der Waals surface area contributed by atoms with Crippen LogP contribution in [-0.2, 0) is 15.0 Å². The van der Waals surface area contributed by atoms with Crippen molar-refractivity contribution in [1.29, 1.82) is 0 Å². The number of hydrogen-bond donors (Lipinski definition) is 2. The highest BCUT2D eigenvalue weighted by molar-refractivity contribution is 5.81. The average molecular weight is 279 g/mol. The van der Waals surface area contributed by atoms with Crippen molar-refractivity contribution in [3.63, 3.8) is 0 Å². The Bertz CT molecular complexity index is 460. The molecule has 110 valence electrons. The highest BCUT2D eigenvalue weighted by Gasteiger charge is 2.13. The van der Waals surface area contributed by atoms with Crippen molar-refractivity contribution in [3.05, 3.63) is 29.8 Å². The average Bonchev–Trinajstić information content (AvgIpc) is 2.36. The molecular formula is C15H21NO4. The molecule has 2 N–H and O–H groups in total. The fourth-order valence-electron chi connectivity index (χ4n) is 1.58. The topological polar surface area (TPSA) is 75.6 Å². The molecule has 0 heterocycles. The van der Waals surface area contributed by atoms with Crippen molar-refractivity contribution in [2.75, 3.05) is 13.2 Å². The minimum absolute atomic E-state index is 0.0925. The van der Waals surface area contributed by atoms with Crippen molar-refractivity contribution in [2.24, 2.45) is 0 Å². The Balaban J connectivity index is 2.36. The van der Waals surface area contributed by atoms with Gasteiger partial charge < -0.3 is 15.2 Å². The van der Waals surface area contributed by atoms with E-state index in [-0.39, 0.29) is 30.9 Å². The fourth-order valence-corrected chi connectivity index (χ4v) is 1.58. The first-order valence-corrected chi connectivity index (χ1v) is 6.51. The molecule has 0 spiro atoms. The number of benzene rings is 1. The first-order chi connectivity index (χ1) is 9.29. The number of nitrogens with one attached hydrogen (secondary N) is 1. The van der Waals surface area contributed by atoms with E-state index >= 15 is 0 Å². The van der Waals surface area contributed by atoms with E-state index in [1.54, 1.807) is 0 Å². The van der Waals surface area contributed by atoms with E-state index in [0.717, 1.165) is 0 Å². The van der Waals surface area contributed by atoms with Crippen LogP contribution in [0.3, 0.4) is 0 Å². The van der Waals surface area contributed by atoms with Crippen LogP contribution in [0, 0.1) is 0 Å². The summed E-state index contributed by atoms with van der Waals surface area (Å²) in [5.74, 6) is -0.695. The minimum atomic E-state index is -1.06. The summed E-state index contributed by atoms with van der Waals surface area (Å²) in [5.41, 5.74) is 1.30. The van der Waals surface area contributed by atoms with Crippen LogP contribution in [0.5, 0.6) is 5.75 Å². The van der Waals surface area contributed by atoms with Crippen LogP contribution in [0.15, 0.2) is 24.3 Å². The van der Waals surface area contributed by atoms with Gasteiger partial charge in [-0.25, -0.2) is 0 Å². The van der Waals surface area contributed by atoms with Gasteiger partial charge in [-0.3, -0.25) is 9.59 Å². The van der Waals surface area contributed by atoms with E-state index in [1.165, 1.54) is 5.56 Å². The monoisotopic (exact) mass is 279 g/mol. The van der Waals surface area contributed by atoms with E-state index in [9.17, 15) is 9.59 Å². The summed E-state index contributed by atoms with van der Waals surface area (Å²) in [6.45, 7) is 6.26. The highest BCUT2D eigenvalue weighted by Crippen LogP contribution is 2.24. The third-order valence-corrected chi connectivity index (χ3v) is 2.75. The van der Waals surface area contributed by atoms with Gasteiger partial charge in [0, 0.05) is 0 Å². The molecule has 0 aliphatic rings. The molecule has 1 amide bonds. The van der Waals surface area contributed by atoms with Crippen LogP contribution >= 0.6 is 0 Å². The van der Waals surface area contributed by atoms with E-state index in [4.69, 9.17) is 9.84 Å². The zero-order valence-corrected chi connectivity index (χ0v) is 12.1. The maximum Gasteiger partial charge on any atom is 0.322 e. The van der Waals surface area contributed by atoms with Gasteiger partial charge in [0.15, 0.2) is 0 Å². The normalized spacial score (nSPS) is 10.9. The molecule has 5 nitrogen and oxygen atoms in total. The minimum Gasteiger partial charge on any atom is -0.493 e. The van der Waals surface area contributed by atoms with E-state index in [0.29, 0.717) is 5.75 Å². The molecular weight excluding hydrogens is 258 g/mol. The van der Waals surface area contributed by atoms with Crippen LogP contribution in [0.4, 0.5) is 0 Å². The van der Waals surface area contributed by atoms with E-state index in [2.05, 4.69) is 26.1 Å². The van der Waals surface area contributed by atoms with Crippen molar-refractivity contribution >= 4 is 11.9 Å². The number of amides is 1. The van der Waals surface area contributed by atoms with Crippen molar-refractivity contribution in [2.45, 2.75) is 32.6 Å². The lowest BCUT2D eigenvalue weighted by atomic mass is 9.87. The third-order valence-electron chi connectivity index (χ3n) is 2.75. The van der Waals surface area contributed by atoms with Crippen molar-refractivity contribution < 1.29 is 19.4 Å². The van der Waals surface area contributed by atoms with Gasteiger partial charge in [0.05, 0.1) is 13.0 Å². The molecule has 0 fully saturated rings. The molecule has 0 unspecified atom stereocenters. The number of carbonyl (C=O) groups is 2. The number of carbonyl (C=O) groups excluding carboxylic acids is 1. The summed E-state index contributed by atoms with van der Waals surface area (Å²) in [6.07, 6.45) is 0.133. The maximum atomic E-state index is 11.3. The molecule has 0 bridgehead atoms. The molecule has 0 saturated heterocycles.